The largest absolute Gasteiger partial charge is 0.369 e. The third-order valence-corrected chi connectivity index (χ3v) is 6.04. The summed E-state index contributed by atoms with van der Waals surface area (Å²) in [5.41, 5.74) is 11.6. The minimum Gasteiger partial charge on any atom is -0.369 e. The second-order valence-electron chi connectivity index (χ2n) is 8.08. The quantitative estimate of drug-likeness (QED) is 0.749. The Labute approximate surface area is 159 Å². The van der Waals surface area contributed by atoms with E-state index in [0.29, 0.717) is 0 Å². The standard InChI is InChI=1S/C21H26N6/c1-15-11-23-19-18(15)20(25-14-24-19)27-10-8-21(22,13-27)12-26-9-4-6-16-5-2-3-7-17(16)26/h2-3,5,7,11,14H,4,6,8-10,12-13,22H2,1H3,(H,23,24,25). The first-order valence-corrected chi connectivity index (χ1v) is 9.78. The van der Waals surface area contributed by atoms with Crippen molar-refractivity contribution in [1.82, 2.24) is 15.0 Å². The topological polar surface area (TPSA) is 74.1 Å². The summed E-state index contributed by atoms with van der Waals surface area (Å²) in [5.74, 6) is 1.00. The van der Waals surface area contributed by atoms with Crippen LogP contribution in [0.5, 0.6) is 0 Å². The molecule has 27 heavy (non-hydrogen) atoms. The summed E-state index contributed by atoms with van der Waals surface area (Å²) in [6.45, 7) is 5.83. The van der Waals surface area contributed by atoms with E-state index in [9.17, 15) is 0 Å². The summed E-state index contributed by atoms with van der Waals surface area (Å²) < 4.78 is 0. The van der Waals surface area contributed by atoms with Gasteiger partial charge in [0.05, 0.1) is 10.9 Å². The van der Waals surface area contributed by atoms with Crippen molar-refractivity contribution in [3.05, 3.63) is 47.9 Å². The molecule has 6 heteroatoms. The molecule has 0 saturated carbocycles. The highest BCUT2D eigenvalue weighted by Crippen LogP contribution is 2.33. The highest BCUT2D eigenvalue weighted by Gasteiger charge is 2.38. The number of aromatic amines is 1. The van der Waals surface area contributed by atoms with E-state index in [1.165, 1.54) is 29.7 Å². The van der Waals surface area contributed by atoms with Crippen molar-refractivity contribution in [1.29, 1.82) is 0 Å². The second kappa shape index (κ2) is 6.23. The van der Waals surface area contributed by atoms with E-state index in [1.54, 1.807) is 6.33 Å². The first-order valence-electron chi connectivity index (χ1n) is 9.78. The number of fused-ring (bicyclic) bond motifs is 2. The SMILES string of the molecule is Cc1c[nH]c2ncnc(N3CCC(N)(CN4CCCc5ccccc54)C3)c12. The van der Waals surface area contributed by atoms with Crippen LogP contribution in [0.4, 0.5) is 11.5 Å². The molecule has 3 aromatic rings. The van der Waals surface area contributed by atoms with Gasteiger partial charge in [-0.05, 0) is 43.4 Å². The summed E-state index contributed by atoms with van der Waals surface area (Å²) in [4.78, 5) is 17.0. The fourth-order valence-electron chi connectivity index (χ4n) is 4.70. The summed E-state index contributed by atoms with van der Waals surface area (Å²) in [5, 5.41) is 1.12. The summed E-state index contributed by atoms with van der Waals surface area (Å²) >= 11 is 0. The van der Waals surface area contributed by atoms with Gasteiger partial charge in [-0.3, -0.25) is 0 Å². The molecule has 1 atom stereocenters. The summed E-state index contributed by atoms with van der Waals surface area (Å²) in [6, 6.07) is 8.75. The molecule has 2 aliphatic heterocycles. The van der Waals surface area contributed by atoms with E-state index in [2.05, 4.69) is 55.9 Å². The zero-order valence-corrected chi connectivity index (χ0v) is 15.8. The number of aryl methyl sites for hydroxylation is 2. The lowest BCUT2D eigenvalue weighted by Gasteiger charge is -2.37. The third kappa shape index (κ3) is 2.84. The molecule has 0 bridgehead atoms. The van der Waals surface area contributed by atoms with Crippen LogP contribution in [0.25, 0.3) is 11.0 Å². The molecule has 0 spiro atoms. The molecule has 1 aromatic carbocycles. The summed E-state index contributed by atoms with van der Waals surface area (Å²) in [6.07, 6.45) is 6.98. The van der Waals surface area contributed by atoms with Crippen LogP contribution in [-0.2, 0) is 6.42 Å². The van der Waals surface area contributed by atoms with E-state index in [-0.39, 0.29) is 5.54 Å². The zero-order valence-electron chi connectivity index (χ0n) is 15.8. The number of H-pyrrole nitrogens is 1. The van der Waals surface area contributed by atoms with Crippen molar-refractivity contribution in [2.45, 2.75) is 31.7 Å². The van der Waals surface area contributed by atoms with Crippen molar-refractivity contribution in [3.63, 3.8) is 0 Å². The predicted octanol–water partition coefficient (Wildman–Crippen LogP) is 2.63. The highest BCUT2D eigenvalue weighted by atomic mass is 15.3. The monoisotopic (exact) mass is 362 g/mol. The number of para-hydroxylation sites is 1. The van der Waals surface area contributed by atoms with Gasteiger partial charge < -0.3 is 20.5 Å². The molecule has 2 aliphatic rings. The lowest BCUT2D eigenvalue weighted by Crippen LogP contribution is -2.53. The molecule has 140 valence electrons. The van der Waals surface area contributed by atoms with Crippen LogP contribution in [0.2, 0.25) is 0 Å². The van der Waals surface area contributed by atoms with Crippen LogP contribution in [0, 0.1) is 6.92 Å². The van der Waals surface area contributed by atoms with E-state index >= 15 is 0 Å². The van der Waals surface area contributed by atoms with Gasteiger partial charge in [-0.25, -0.2) is 9.97 Å². The van der Waals surface area contributed by atoms with Crippen molar-refractivity contribution in [3.8, 4) is 0 Å². The lowest BCUT2D eigenvalue weighted by molar-refractivity contribution is 0.457. The molecule has 6 nitrogen and oxygen atoms in total. The lowest BCUT2D eigenvalue weighted by atomic mass is 9.95. The van der Waals surface area contributed by atoms with Gasteiger partial charge in [-0.1, -0.05) is 18.2 Å². The van der Waals surface area contributed by atoms with Gasteiger partial charge in [-0.2, -0.15) is 0 Å². The maximum atomic E-state index is 6.90. The Morgan fingerprint density at radius 1 is 1.22 bits per heavy atom. The number of anilines is 2. The van der Waals surface area contributed by atoms with Gasteiger partial charge in [0.25, 0.3) is 0 Å². The Morgan fingerprint density at radius 3 is 3.04 bits per heavy atom. The van der Waals surface area contributed by atoms with Gasteiger partial charge in [0, 0.05) is 38.1 Å². The fourth-order valence-corrected chi connectivity index (χ4v) is 4.70. The third-order valence-electron chi connectivity index (χ3n) is 6.04. The summed E-state index contributed by atoms with van der Waals surface area (Å²) in [7, 11) is 0. The Hall–Kier alpha value is -2.60. The Kier molecular flexibility index (Phi) is 3.82. The maximum Gasteiger partial charge on any atom is 0.143 e. The van der Waals surface area contributed by atoms with Gasteiger partial charge in [0.1, 0.15) is 17.8 Å². The number of rotatable bonds is 3. The van der Waals surface area contributed by atoms with Crippen LogP contribution in [0.15, 0.2) is 36.8 Å². The molecule has 1 saturated heterocycles. The number of hydrogen-bond donors (Lipinski definition) is 2. The molecule has 0 radical (unpaired) electrons. The van der Waals surface area contributed by atoms with E-state index < -0.39 is 0 Å². The Morgan fingerprint density at radius 2 is 2.11 bits per heavy atom. The molecule has 4 heterocycles. The van der Waals surface area contributed by atoms with Crippen molar-refractivity contribution in [2.75, 3.05) is 36.0 Å². The first kappa shape index (κ1) is 16.6. The fraction of sp³-hybridized carbons (Fsp3) is 0.429. The van der Waals surface area contributed by atoms with Gasteiger partial charge >= 0.3 is 0 Å². The van der Waals surface area contributed by atoms with Crippen LogP contribution < -0.4 is 15.5 Å². The van der Waals surface area contributed by atoms with Crippen molar-refractivity contribution >= 4 is 22.5 Å². The van der Waals surface area contributed by atoms with Gasteiger partial charge in [-0.15, -0.1) is 0 Å². The van der Waals surface area contributed by atoms with Crippen LogP contribution >= 0.6 is 0 Å². The molecule has 2 aromatic heterocycles. The van der Waals surface area contributed by atoms with Crippen LogP contribution in [0.3, 0.4) is 0 Å². The first-order chi connectivity index (χ1) is 13.1. The van der Waals surface area contributed by atoms with Gasteiger partial charge in [0.15, 0.2) is 0 Å². The Balaban J connectivity index is 1.39. The van der Waals surface area contributed by atoms with E-state index in [1.807, 2.05) is 6.20 Å². The molecule has 5 rings (SSSR count). The average molecular weight is 362 g/mol. The van der Waals surface area contributed by atoms with Crippen LogP contribution in [0.1, 0.15) is 24.0 Å². The van der Waals surface area contributed by atoms with Gasteiger partial charge in [0.2, 0.25) is 0 Å². The van der Waals surface area contributed by atoms with Crippen LogP contribution in [-0.4, -0.2) is 46.7 Å². The number of nitrogens with two attached hydrogens (primary N) is 1. The van der Waals surface area contributed by atoms with E-state index in [0.717, 1.165) is 49.5 Å². The molecule has 3 N–H and O–H groups in total. The number of nitrogens with zero attached hydrogens (tertiary/aromatic N) is 4. The molecule has 1 fully saturated rings. The molecule has 0 aliphatic carbocycles. The highest BCUT2D eigenvalue weighted by molar-refractivity contribution is 5.90. The minimum absolute atomic E-state index is 0.230. The van der Waals surface area contributed by atoms with Crippen molar-refractivity contribution < 1.29 is 0 Å². The second-order valence-corrected chi connectivity index (χ2v) is 8.08. The number of benzene rings is 1. The Bertz CT molecular complexity index is 980. The molecule has 1 unspecified atom stereocenters. The maximum absolute atomic E-state index is 6.90. The normalized spacial score (nSPS) is 22.4. The molecule has 0 amide bonds. The zero-order chi connectivity index (χ0) is 18.4. The molecular formula is C21H26N6. The van der Waals surface area contributed by atoms with E-state index in [4.69, 9.17) is 5.73 Å². The number of hydrogen-bond acceptors (Lipinski definition) is 5. The number of aromatic nitrogens is 3. The van der Waals surface area contributed by atoms with Crippen molar-refractivity contribution in [2.24, 2.45) is 5.73 Å². The smallest absolute Gasteiger partial charge is 0.143 e. The minimum atomic E-state index is -0.230. The average Bonchev–Trinajstić information content (AvgIpc) is 3.26. The molecular weight excluding hydrogens is 336 g/mol. The number of nitrogens with one attached hydrogen (secondary N) is 1. The predicted molar refractivity (Wildman–Crippen MR) is 109 cm³/mol.